The minimum absolute atomic E-state index is 0.155. The monoisotopic (exact) mass is 314 g/mol. The molecule has 0 saturated carbocycles. The molecule has 5 nitrogen and oxygen atoms in total. The molecule has 2 aromatic rings. The number of amides is 1. The predicted octanol–water partition coefficient (Wildman–Crippen LogP) is 2.22. The molecule has 1 aliphatic rings. The highest BCUT2D eigenvalue weighted by molar-refractivity contribution is 6.03. The molecule has 0 spiro atoms. The second-order valence-electron chi connectivity index (χ2n) is 5.63. The van der Waals surface area contributed by atoms with Crippen molar-refractivity contribution in [1.29, 1.82) is 0 Å². The van der Waals surface area contributed by atoms with Crippen LogP contribution < -0.4 is 10.2 Å². The van der Waals surface area contributed by atoms with Gasteiger partial charge in [0.05, 0.1) is 17.6 Å². The molecule has 1 fully saturated rings. The molecule has 0 atom stereocenters. The first-order valence-electron chi connectivity index (χ1n) is 7.59. The molecule has 1 aliphatic heterocycles. The van der Waals surface area contributed by atoms with Crippen molar-refractivity contribution < 1.29 is 9.18 Å². The Kier molecular flexibility index (Phi) is 4.52. The summed E-state index contributed by atoms with van der Waals surface area (Å²) in [5.41, 5.74) is 1.43. The Morgan fingerprint density at radius 1 is 1.13 bits per heavy atom. The quantitative estimate of drug-likeness (QED) is 0.944. The smallest absolute Gasteiger partial charge is 0.274 e. The SMILES string of the molecule is CN1CCN(c2ccc(C(=O)Nc3ccccc3F)nc2)CC1. The van der Waals surface area contributed by atoms with E-state index in [-0.39, 0.29) is 11.4 Å². The van der Waals surface area contributed by atoms with Gasteiger partial charge in [-0.25, -0.2) is 9.37 Å². The number of pyridine rings is 1. The van der Waals surface area contributed by atoms with E-state index >= 15 is 0 Å². The lowest BCUT2D eigenvalue weighted by Crippen LogP contribution is -2.44. The van der Waals surface area contributed by atoms with Gasteiger partial charge < -0.3 is 15.1 Å². The van der Waals surface area contributed by atoms with Crippen molar-refractivity contribution in [2.24, 2.45) is 0 Å². The van der Waals surface area contributed by atoms with Gasteiger partial charge in [0.15, 0.2) is 0 Å². The molecule has 0 aliphatic carbocycles. The van der Waals surface area contributed by atoms with E-state index in [0.717, 1.165) is 31.9 Å². The third-order valence-electron chi connectivity index (χ3n) is 3.97. The third kappa shape index (κ3) is 3.65. The van der Waals surface area contributed by atoms with Crippen molar-refractivity contribution in [3.8, 4) is 0 Å². The van der Waals surface area contributed by atoms with Crippen molar-refractivity contribution in [3.63, 3.8) is 0 Å². The summed E-state index contributed by atoms with van der Waals surface area (Å²) in [6.07, 6.45) is 1.70. The van der Waals surface area contributed by atoms with E-state index in [9.17, 15) is 9.18 Å². The van der Waals surface area contributed by atoms with Crippen LogP contribution in [0.3, 0.4) is 0 Å². The number of benzene rings is 1. The zero-order chi connectivity index (χ0) is 16.2. The number of carbonyl (C=O) groups is 1. The van der Waals surface area contributed by atoms with E-state index in [1.54, 1.807) is 24.4 Å². The number of para-hydroxylation sites is 1. The van der Waals surface area contributed by atoms with Gasteiger partial charge in [-0.15, -0.1) is 0 Å². The van der Waals surface area contributed by atoms with Crippen LogP contribution >= 0.6 is 0 Å². The standard InChI is InChI=1S/C17H19FN4O/c1-21-8-10-22(11-9-21)13-6-7-16(19-12-13)17(23)20-15-5-3-2-4-14(15)18/h2-7,12H,8-11H2,1H3,(H,20,23). The maximum Gasteiger partial charge on any atom is 0.274 e. The Morgan fingerprint density at radius 2 is 1.87 bits per heavy atom. The lowest BCUT2D eigenvalue weighted by molar-refractivity contribution is 0.102. The van der Waals surface area contributed by atoms with Gasteiger partial charge in [-0.05, 0) is 31.3 Å². The number of likely N-dealkylation sites (N-methyl/N-ethyl adjacent to an activating group) is 1. The van der Waals surface area contributed by atoms with Gasteiger partial charge in [0, 0.05) is 26.2 Å². The molecule has 6 heteroatoms. The molecular weight excluding hydrogens is 295 g/mol. The van der Waals surface area contributed by atoms with Gasteiger partial charge in [0.25, 0.3) is 5.91 Å². The molecule has 120 valence electrons. The highest BCUT2D eigenvalue weighted by Crippen LogP contribution is 2.17. The Morgan fingerprint density at radius 3 is 2.52 bits per heavy atom. The fourth-order valence-corrected chi connectivity index (χ4v) is 2.52. The average molecular weight is 314 g/mol. The predicted molar refractivity (Wildman–Crippen MR) is 88.3 cm³/mol. The molecular formula is C17H19FN4O. The summed E-state index contributed by atoms with van der Waals surface area (Å²) in [5.74, 6) is -0.880. The van der Waals surface area contributed by atoms with Crippen molar-refractivity contribution in [3.05, 3.63) is 54.1 Å². The number of carbonyl (C=O) groups excluding carboxylic acids is 1. The summed E-state index contributed by atoms with van der Waals surface area (Å²) >= 11 is 0. The van der Waals surface area contributed by atoms with Crippen LogP contribution in [0, 0.1) is 5.82 Å². The number of piperazine rings is 1. The van der Waals surface area contributed by atoms with Gasteiger partial charge in [0.2, 0.25) is 0 Å². The number of halogens is 1. The van der Waals surface area contributed by atoms with Crippen molar-refractivity contribution in [2.75, 3.05) is 43.4 Å². The highest BCUT2D eigenvalue weighted by atomic mass is 19.1. The van der Waals surface area contributed by atoms with Crippen LogP contribution in [0.15, 0.2) is 42.6 Å². The van der Waals surface area contributed by atoms with Crippen LogP contribution in [0.5, 0.6) is 0 Å². The van der Waals surface area contributed by atoms with Gasteiger partial charge in [0.1, 0.15) is 11.5 Å². The normalized spacial score (nSPS) is 15.5. The van der Waals surface area contributed by atoms with Crippen molar-refractivity contribution in [1.82, 2.24) is 9.88 Å². The average Bonchev–Trinajstić information content (AvgIpc) is 2.58. The van der Waals surface area contributed by atoms with Crippen molar-refractivity contribution >= 4 is 17.3 Å². The summed E-state index contributed by atoms with van der Waals surface area (Å²) in [4.78, 5) is 20.9. The number of aromatic nitrogens is 1. The summed E-state index contributed by atoms with van der Waals surface area (Å²) in [6, 6.07) is 9.63. The maximum atomic E-state index is 13.6. The highest BCUT2D eigenvalue weighted by Gasteiger charge is 2.15. The number of hydrogen-bond acceptors (Lipinski definition) is 4. The molecule has 0 unspecified atom stereocenters. The topological polar surface area (TPSA) is 48.5 Å². The number of hydrogen-bond donors (Lipinski definition) is 1. The lowest BCUT2D eigenvalue weighted by atomic mass is 10.2. The van der Waals surface area contributed by atoms with Gasteiger partial charge in [-0.1, -0.05) is 12.1 Å². The van der Waals surface area contributed by atoms with E-state index < -0.39 is 11.7 Å². The van der Waals surface area contributed by atoms with Crippen LogP contribution in [0.1, 0.15) is 10.5 Å². The molecule has 2 heterocycles. The number of anilines is 2. The fraction of sp³-hybridized carbons (Fsp3) is 0.294. The molecule has 1 aromatic heterocycles. The molecule has 0 radical (unpaired) electrons. The van der Waals surface area contributed by atoms with Crippen molar-refractivity contribution in [2.45, 2.75) is 0 Å². The first kappa shape index (κ1) is 15.4. The van der Waals surface area contributed by atoms with Gasteiger partial charge in [-0.3, -0.25) is 4.79 Å². The second kappa shape index (κ2) is 6.75. The summed E-state index contributed by atoms with van der Waals surface area (Å²) in [5, 5.41) is 2.53. The third-order valence-corrected chi connectivity index (χ3v) is 3.97. The first-order chi connectivity index (χ1) is 11.1. The van der Waals surface area contributed by atoms with E-state index in [4.69, 9.17) is 0 Å². The van der Waals surface area contributed by atoms with Gasteiger partial charge in [-0.2, -0.15) is 0 Å². The van der Waals surface area contributed by atoms with Crippen LogP contribution in [-0.2, 0) is 0 Å². The largest absolute Gasteiger partial charge is 0.368 e. The second-order valence-corrected chi connectivity index (χ2v) is 5.63. The molecule has 1 saturated heterocycles. The Balaban J connectivity index is 1.67. The van der Waals surface area contributed by atoms with E-state index in [1.807, 2.05) is 6.07 Å². The van der Waals surface area contributed by atoms with Crippen LogP contribution in [0.4, 0.5) is 15.8 Å². The zero-order valence-corrected chi connectivity index (χ0v) is 13.0. The first-order valence-corrected chi connectivity index (χ1v) is 7.59. The van der Waals surface area contributed by atoms with Gasteiger partial charge >= 0.3 is 0 Å². The summed E-state index contributed by atoms with van der Waals surface area (Å²) in [6.45, 7) is 3.91. The number of nitrogens with zero attached hydrogens (tertiary/aromatic N) is 3. The summed E-state index contributed by atoms with van der Waals surface area (Å²) in [7, 11) is 2.10. The Bertz CT molecular complexity index is 681. The van der Waals surface area contributed by atoms with Crippen LogP contribution in [0.25, 0.3) is 0 Å². The van der Waals surface area contributed by atoms with E-state index in [2.05, 4.69) is 27.1 Å². The molecule has 23 heavy (non-hydrogen) atoms. The minimum Gasteiger partial charge on any atom is -0.368 e. The molecule has 1 aromatic carbocycles. The molecule has 1 N–H and O–H groups in total. The molecule has 3 rings (SSSR count). The molecule has 1 amide bonds. The fourth-order valence-electron chi connectivity index (χ4n) is 2.52. The van der Waals surface area contributed by atoms with E-state index in [0.29, 0.717) is 0 Å². The number of rotatable bonds is 3. The Labute approximate surface area is 134 Å². The van der Waals surface area contributed by atoms with E-state index in [1.165, 1.54) is 12.1 Å². The molecule has 0 bridgehead atoms. The van der Waals surface area contributed by atoms with Crippen LogP contribution in [0.2, 0.25) is 0 Å². The minimum atomic E-state index is -0.463. The lowest BCUT2D eigenvalue weighted by Gasteiger charge is -2.33. The summed E-state index contributed by atoms with van der Waals surface area (Å²) < 4.78 is 13.6. The maximum absolute atomic E-state index is 13.6. The number of nitrogens with one attached hydrogen (secondary N) is 1. The Hall–Kier alpha value is -2.47. The zero-order valence-electron chi connectivity index (χ0n) is 13.0. The van der Waals surface area contributed by atoms with Crippen LogP contribution in [-0.4, -0.2) is 49.0 Å².